The highest BCUT2D eigenvalue weighted by atomic mass is 19.1. The summed E-state index contributed by atoms with van der Waals surface area (Å²) in [6.07, 6.45) is 1.41. The van der Waals surface area contributed by atoms with Crippen LogP contribution in [0.1, 0.15) is 15.9 Å². The first-order valence-electron chi connectivity index (χ1n) is 5.20. The molecule has 5 heteroatoms. The predicted octanol–water partition coefficient (Wildman–Crippen LogP) is 3.02. The lowest BCUT2D eigenvalue weighted by atomic mass is 10.1. The van der Waals surface area contributed by atoms with E-state index in [0.29, 0.717) is 11.3 Å². The molecule has 1 N–H and O–H groups in total. The van der Waals surface area contributed by atoms with Crippen LogP contribution < -0.4 is 4.74 Å². The van der Waals surface area contributed by atoms with Crippen LogP contribution in [-0.4, -0.2) is 16.1 Å². The van der Waals surface area contributed by atoms with Gasteiger partial charge in [0, 0.05) is 6.20 Å². The van der Waals surface area contributed by atoms with Crippen molar-refractivity contribution in [2.45, 2.75) is 6.92 Å². The van der Waals surface area contributed by atoms with Crippen molar-refractivity contribution in [2.24, 2.45) is 0 Å². The Balaban J connectivity index is 2.29. The fraction of sp³-hybridized carbons (Fsp3) is 0.0769. The van der Waals surface area contributed by atoms with E-state index in [-0.39, 0.29) is 11.4 Å². The molecule has 0 aliphatic rings. The monoisotopic (exact) mass is 247 g/mol. The maximum absolute atomic E-state index is 13.3. The second-order valence-electron chi connectivity index (χ2n) is 3.67. The van der Waals surface area contributed by atoms with Crippen LogP contribution in [0.4, 0.5) is 4.39 Å². The molecule has 92 valence electrons. The topological polar surface area (TPSA) is 59.4 Å². The van der Waals surface area contributed by atoms with Crippen molar-refractivity contribution >= 4 is 5.97 Å². The van der Waals surface area contributed by atoms with Crippen LogP contribution >= 0.6 is 0 Å². The van der Waals surface area contributed by atoms with E-state index < -0.39 is 11.8 Å². The summed E-state index contributed by atoms with van der Waals surface area (Å²) in [5.41, 5.74) is 0.722. The summed E-state index contributed by atoms with van der Waals surface area (Å²) in [6.45, 7) is 1.64. The van der Waals surface area contributed by atoms with E-state index in [2.05, 4.69) is 4.98 Å². The smallest absolute Gasteiger partial charge is 0.335 e. The maximum atomic E-state index is 13.3. The second-order valence-corrected chi connectivity index (χ2v) is 3.67. The first kappa shape index (κ1) is 12.0. The molecule has 18 heavy (non-hydrogen) atoms. The molecule has 0 unspecified atom stereocenters. The molecule has 0 aliphatic heterocycles. The van der Waals surface area contributed by atoms with Gasteiger partial charge in [0.25, 0.3) is 5.88 Å². The Morgan fingerprint density at radius 3 is 2.78 bits per heavy atom. The number of carboxylic acid groups (broad SMARTS) is 1. The molecular weight excluding hydrogens is 237 g/mol. The first-order valence-corrected chi connectivity index (χ1v) is 5.20. The van der Waals surface area contributed by atoms with Gasteiger partial charge in [-0.2, -0.15) is 0 Å². The summed E-state index contributed by atoms with van der Waals surface area (Å²) >= 11 is 0. The molecule has 0 saturated heterocycles. The molecule has 0 amide bonds. The number of hydrogen-bond donors (Lipinski definition) is 1. The molecule has 0 atom stereocenters. The van der Waals surface area contributed by atoms with E-state index in [0.717, 1.165) is 0 Å². The molecule has 2 rings (SSSR count). The number of aromatic carboxylic acids is 1. The molecule has 0 bridgehead atoms. The number of pyridine rings is 1. The zero-order valence-corrected chi connectivity index (χ0v) is 9.55. The third-order valence-electron chi connectivity index (χ3n) is 2.37. The van der Waals surface area contributed by atoms with Crippen LogP contribution in [0.15, 0.2) is 36.5 Å². The number of carboxylic acids is 1. The molecule has 0 fully saturated rings. The Bertz CT molecular complexity index is 599. The third-order valence-corrected chi connectivity index (χ3v) is 2.37. The number of aromatic nitrogens is 1. The largest absolute Gasteiger partial charge is 0.478 e. The van der Waals surface area contributed by atoms with Crippen molar-refractivity contribution in [3.8, 4) is 11.6 Å². The minimum Gasteiger partial charge on any atom is -0.478 e. The molecule has 0 radical (unpaired) electrons. The predicted molar refractivity (Wildman–Crippen MR) is 62.4 cm³/mol. The number of hydrogen-bond acceptors (Lipinski definition) is 3. The Morgan fingerprint density at radius 2 is 2.17 bits per heavy atom. The van der Waals surface area contributed by atoms with Crippen LogP contribution in [-0.2, 0) is 0 Å². The van der Waals surface area contributed by atoms with Gasteiger partial charge in [-0.05, 0) is 42.8 Å². The van der Waals surface area contributed by atoms with Gasteiger partial charge >= 0.3 is 5.97 Å². The van der Waals surface area contributed by atoms with Gasteiger partial charge in [-0.1, -0.05) is 0 Å². The van der Waals surface area contributed by atoms with Crippen LogP contribution in [0, 0.1) is 12.7 Å². The highest BCUT2D eigenvalue weighted by Crippen LogP contribution is 2.24. The fourth-order valence-corrected chi connectivity index (χ4v) is 1.50. The Labute approximate surface area is 103 Å². The molecule has 0 aliphatic carbocycles. The normalized spacial score (nSPS) is 10.1. The lowest BCUT2D eigenvalue weighted by Crippen LogP contribution is -2.00. The van der Waals surface area contributed by atoms with Crippen molar-refractivity contribution in [1.82, 2.24) is 4.98 Å². The molecule has 0 saturated carbocycles. The number of carbonyl (C=O) groups is 1. The zero-order chi connectivity index (χ0) is 13.1. The van der Waals surface area contributed by atoms with Crippen molar-refractivity contribution in [3.05, 3.63) is 53.5 Å². The van der Waals surface area contributed by atoms with Crippen molar-refractivity contribution < 1.29 is 19.0 Å². The van der Waals surface area contributed by atoms with Crippen molar-refractivity contribution in [2.75, 3.05) is 0 Å². The van der Waals surface area contributed by atoms with Gasteiger partial charge in [-0.3, -0.25) is 0 Å². The van der Waals surface area contributed by atoms with Gasteiger partial charge < -0.3 is 9.84 Å². The van der Waals surface area contributed by atoms with Gasteiger partial charge in [0.1, 0.15) is 5.75 Å². The van der Waals surface area contributed by atoms with E-state index in [1.54, 1.807) is 6.92 Å². The lowest BCUT2D eigenvalue weighted by molar-refractivity contribution is 0.0696. The van der Waals surface area contributed by atoms with Crippen LogP contribution in [0.3, 0.4) is 0 Å². The van der Waals surface area contributed by atoms with Gasteiger partial charge in [0.15, 0.2) is 5.82 Å². The lowest BCUT2D eigenvalue weighted by Gasteiger charge is -2.07. The summed E-state index contributed by atoms with van der Waals surface area (Å²) < 4.78 is 18.5. The minimum absolute atomic E-state index is 0.139. The standard InChI is InChI=1S/C13H10FNO3/c1-8-7-9(4-5-10(8)13(16)17)18-12-11(14)3-2-6-15-12/h2-7H,1H3,(H,16,17). The fourth-order valence-electron chi connectivity index (χ4n) is 1.50. The van der Waals surface area contributed by atoms with E-state index in [1.807, 2.05) is 0 Å². The molecule has 1 aromatic carbocycles. The average Bonchev–Trinajstić information content (AvgIpc) is 2.32. The Kier molecular flexibility index (Phi) is 3.23. The number of aryl methyl sites for hydroxylation is 1. The van der Waals surface area contributed by atoms with Crippen molar-refractivity contribution in [1.29, 1.82) is 0 Å². The molecule has 2 aromatic rings. The third kappa shape index (κ3) is 2.45. The number of halogens is 1. The van der Waals surface area contributed by atoms with Gasteiger partial charge in [-0.25, -0.2) is 14.2 Å². The van der Waals surface area contributed by atoms with Gasteiger partial charge in [0.2, 0.25) is 0 Å². The zero-order valence-electron chi connectivity index (χ0n) is 9.55. The maximum Gasteiger partial charge on any atom is 0.335 e. The van der Waals surface area contributed by atoms with Crippen LogP contribution in [0.25, 0.3) is 0 Å². The Morgan fingerprint density at radius 1 is 1.39 bits per heavy atom. The van der Waals surface area contributed by atoms with E-state index >= 15 is 0 Å². The minimum atomic E-state index is -1.01. The highest BCUT2D eigenvalue weighted by molar-refractivity contribution is 5.89. The average molecular weight is 247 g/mol. The van der Waals surface area contributed by atoms with Gasteiger partial charge in [0.05, 0.1) is 5.56 Å². The van der Waals surface area contributed by atoms with Gasteiger partial charge in [-0.15, -0.1) is 0 Å². The summed E-state index contributed by atoms with van der Waals surface area (Å²) in [5, 5.41) is 8.88. The number of benzene rings is 1. The quantitative estimate of drug-likeness (QED) is 0.905. The van der Waals surface area contributed by atoms with E-state index in [9.17, 15) is 9.18 Å². The second kappa shape index (κ2) is 4.83. The van der Waals surface area contributed by atoms with Crippen molar-refractivity contribution in [3.63, 3.8) is 0 Å². The molecule has 4 nitrogen and oxygen atoms in total. The molecular formula is C13H10FNO3. The number of rotatable bonds is 3. The SMILES string of the molecule is Cc1cc(Oc2ncccc2F)ccc1C(=O)O. The molecule has 0 spiro atoms. The summed E-state index contributed by atoms with van der Waals surface area (Å²) in [7, 11) is 0. The summed E-state index contributed by atoms with van der Waals surface area (Å²) in [5.74, 6) is -1.38. The van der Waals surface area contributed by atoms with Crippen LogP contribution in [0.2, 0.25) is 0 Å². The number of ether oxygens (including phenoxy) is 1. The number of nitrogens with zero attached hydrogens (tertiary/aromatic N) is 1. The Hall–Kier alpha value is -2.43. The highest BCUT2D eigenvalue weighted by Gasteiger charge is 2.10. The molecule has 1 heterocycles. The van der Waals surface area contributed by atoms with Crippen LogP contribution in [0.5, 0.6) is 11.6 Å². The summed E-state index contributed by atoms with van der Waals surface area (Å²) in [4.78, 5) is 14.6. The first-order chi connectivity index (χ1) is 8.58. The summed E-state index contributed by atoms with van der Waals surface area (Å²) in [6, 6.07) is 7.10. The molecule has 1 aromatic heterocycles. The van der Waals surface area contributed by atoms with E-state index in [4.69, 9.17) is 9.84 Å². The van der Waals surface area contributed by atoms with E-state index in [1.165, 1.54) is 36.5 Å².